The van der Waals surface area contributed by atoms with Crippen molar-refractivity contribution in [1.29, 1.82) is 0 Å². The molecule has 0 aliphatic rings. The third kappa shape index (κ3) is 5.01. The topological polar surface area (TPSA) is 133 Å². The zero-order valence-electron chi connectivity index (χ0n) is 17.3. The molecule has 0 aliphatic heterocycles. The highest BCUT2D eigenvalue weighted by atomic mass is 32.2. The lowest BCUT2D eigenvalue weighted by Gasteiger charge is -2.23. The molecule has 0 radical (unpaired) electrons. The number of rotatable bonds is 6. The van der Waals surface area contributed by atoms with Crippen LogP contribution < -0.4 is 10.0 Å². The van der Waals surface area contributed by atoms with Crippen molar-refractivity contribution >= 4 is 44.1 Å². The predicted octanol–water partition coefficient (Wildman–Crippen LogP) is 3.35. The molecular weight excluding hydrogens is 442 g/mol. The van der Waals surface area contributed by atoms with Crippen molar-refractivity contribution in [1.82, 2.24) is 4.98 Å². The summed E-state index contributed by atoms with van der Waals surface area (Å²) >= 11 is 1.24. The maximum absolute atomic E-state index is 12.4. The van der Waals surface area contributed by atoms with Crippen molar-refractivity contribution in [2.45, 2.75) is 39.4 Å². The minimum absolute atomic E-state index is 0.182. The van der Waals surface area contributed by atoms with Crippen molar-refractivity contribution in [3.8, 4) is 0 Å². The summed E-state index contributed by atoms with van der Waals surface area (Å²) in [5, 5.41) is 6.55. The number of benzene rings is 1. The maximum Gasteiger partial charge on any atom is 0.374 e. The monoisotopic (exact) mass is 463 g/mol. The van der Waals surface area contributed by atoms with E-state index in [-0.39, 0.29) is 18.3 Å². The number of furan rings is 1. The van der Waals surface area contributed by atoms with Crippen LogP contribution in [0, 0.1) is 20.8 Å². The Morgan fingerprint density at radius 1 is 1.19 bits per heavy atom. The van der Waals surface area contributed by atoms with Crippen molar-refractivity contribution in [3.05, 3.63) is 57.8 Å². The molecule has 2 heterocycles. The number of aryl methyl sites for hydroxylation is 3. The number of sulfonamides is 1. The Balaban J connectivity index is 1.78. The molecule has 1 aromatic carbocycles. The normalized spacial score (nSPS) is 11.4. The second-order valence-electron chi connectivity index (χ2n) is 6.96. The van der Waals surface area contributed by atoms with Crippen molar-refractivity contribution in [2.24, 2.45) is 5.14 Å². The molecule has 0 atom stereocenters. The van der Waals surface area contributed by atoms with E-state index in [1.54, 1.807) is 5.38 Å². The highest BCUT2D eigenvalue weighted by molar-refractivity contribution is 7.89. The molecule has 0 aliphatic carbocycles. The van der Waals surface area contributed by atoms with E-state index in [1.807, 2.05) is 32.9 Å². The van der Waals surface area contributed by atoms with Gasteiger partial charge in [-0.25, -0.2) is 23.3 Å². The van der Waals surface area contributed by atoms with E-state index >= 15 is 0 Å². The van der Waals surface area contributed by atoms with Crippen LogP contribution >= 0.6 is 11.3 Å². The summed E-state index contributed by atoms with van der Waals surface area (Å²) in [5.74, 6) is -1.35. The van der Waals surface area contributed by atoms with Crippen molar-refractivity contribution < 1.29 is 27.2 Å². The van der Waals surface area contributed by atoms with Gasteiger partial charge in [-0.15, -0.1) is 11.3 Å². The lowest BCUT2D eigenvalue weighted by molar-refractivity contribution is -0.115. The molecule has 2 aromatic heterocycles. The average molecular weight is 464 g/mol. The maximum atomic E-state index is 12.4. The minimum Gasteiger partial charge on any atom is -0.453 e. The van der Waals surface area contributed by atoms with Gasteiger partial charge in [-0.1, -0.05) is 17.7 Å². The number of aromatic nitrogens is 1. The van der Waals surface area contributed by atoms with E-state index in [0.717, 1.165) is 34.5 Å². The molecule has 31 heavy (non-hydrogen) atoms. The summed E-state index contributed by atoms with van der Waals surface area (Å²) in [7, 11) is -4.06. The summed E-state index contributed by atoms with van der Waals surface area (Å²) in [6, 6.07) is 6.22. The molecule has 0 saturated carbocycles. The molecule has 2 N–H and O–H groups in total. The van der Waals surface area contributed by atoms with Crippen LogP contribution in [0.25, 0.3) is 0 Å². The summed E-state index contributed by atoms with van der Waals surface area (Å²) in [6.07, 6.45) is 0. The van der Waals surface area contributed by atoms with Gasteiger partial charge in [0, 0.05) is 12.3 Å². The van der Waals surface area contributed by atoms with Gasteiger partial charge in [-0.2, -0.15) is 0 Å². The fourth-order valence-corrected chi connectivity index (χ4v) is 4.49. The number of nitrogens with two attached hydrogens (primary N) is 1. The van der Waals surface area contributed by atoms with Crippen LogP contribution in [0.3, 0.4) is 0 Å². The number of nitrogens with zero attached hydrogens (tertiary/aromatic N) is 2. The van der Waals surface area contributed by atoms with Crippen LogP contribution in [0.1, 0.15) is 39.9 Å². The summed E-state index contributed by atoms with van der Waals surface area (Å²) in [5.41, 5.74) is 4.18. The van der Waals surface area contributed by atoms with Gasteiger partial charge in [-0.3, -0.25) is 9.69 Å². The smallest absolute Gasteiger partial charge is 0.374 e. The number of carbonyl (C=O) groups excluding carboxylic acids is 2. The quantitative estimate of drug-likeness (QED) is 0.554. The molecule has 164 valence electrons. The largest absolute Gasteiger partial charge is 0.453 e. The summed E-state index contributed by atoms with van der Waals surface area (Å²) in [6.45, 7) is 7.13. The number of hydrogen-bond acceptors (Lipinski definition) is 8. The zero-order chi connectivity index (χ0) is 22.9. The Kier molecular flexibility index (Phi) is 6.30. The van der Waals surface area contributed by atoms with Crippen molar-refractivity contribution in [3.63, 3.8) is 0 Å². The van der Waals surface area contributed by atoms with Crippen LogP contribution in [0.2, 0.25) is 0 Å². The van der Waals surface area contributed by atoms with Gasteiger partial charge in [0.25, 0.3) is 10.0 Å². The van der Waals surface area contributed by atoms with Crippen molar-refractivity contribution in [2.75, 3.05) is 4.90 Å². The average Bonchev–Trinajstić information content (AvgIpc) is 3.31. The van der Waals surface area contributed by atoms with Gasteiger partial charge >= 0.3 is 5.97 Å². The van der Waals surface area contributed by atoms with Crippen LogP contribution in [0.4, 0.5) is 10.8 Å². The molecular formula is C20H21N3O6S2. The lowest BCUT2D eigenvalue weighted by atomic mass is 10.0. The fourth-order valence-electron chi connectivity index (χ4n) is 3.17. The first-order chi connectivity index (χ1) is 14.5. The fraction of sp³-hybridized carbons (Fsp3) is 0.250. The van der Waals surface area contributed by atoms with E-state index in [0.29, 0.717) is 10.8 Å². The van der Waals surface area contributed by atoms with E-state index in [2.05, 4.69) is 4.98 Å². The number of carbonyl (C=O) groups is 2. The first-order valence-electron chi connectivity index (χ1n) is 9.10. The molecule has 0 bridgehead atoms. The van der Waals surface area contributed by atoms with E-state index in [4.69, 9.17) is 14.3 Å². The number of ether oxygens (including phenoxy) is 1. The van der Waals surface area contributed by atoms with E-state index < -0.39 is 21.1 Å². The highest BCUT2D eigenvalue weighted by Crippen LogP contribution is 2.34. The Bertz CT molecular complexity index is 1240. The van der Waals surface area contributed by atoms with E-state index in [1.165, 1.54) is 23.2 Å². The van der Waals surface area contributed by atoms with Crippen LogP contribution in [-0.4, -0.2) is 25.3 Å². The second-order valence-corrected chi connectivity index (χ2v) is 9.29. The summed E-state index contributed by atoms with van der Waals surface area (Å²) in [4.78, 5) is 30.5. The molecule has 9 nitrogen and oxygen atoms in total. The molecule has 0 saturated heterocycles. The van der Waals surface area contributed by atoms with Crippen LogP contribution in [-0.2, 0) is 26.2 Å². The number of esters is 1. The van der Waals surface area contributed by atoms with Gasteiger partial charge in [0.2, 0.25) is 16.8 Å². The highest BCUT2D eigenvalue weighted by Gasteiger charge is 2.23. The lowest BCUT2D eigenvalue weighted by Crippen LogP contribution is -2.24. The Morgan fingerprint density at radius 3 is 2.39 bits per heavy atom. The third-order valence-electron chi connectivity index (χ3n) is 4.32. The number of anilines is 2. The minimum atomic E-state index is -4.06. The third-order valence-corrected chi connectivity index (χ3v) is 5.97. The molecule has 1 amide bonds. The van der Waals surface area contributed by atoms with Gasteiger partial charge in [0.15, 0.2) is 5.13 Å². The molecule has 3 rings (SSSR count). The van der Waals surface area contributed by atoms with E-state index in [9.17, 15) is 18.0 Å². The molecule has 0 fully saturated rings. The first-order valence-corrected chi connectivity index (χ1v) is 11.5. The second kappa shape index (κ2) is 8.61. The predicted molar refractivity (Wildman–Crippen MR) is 115 cm³/mol. The summed E-state index contributed by atoms with van der Waals surface area (Å²) < 4.78 is 32.5. The number of hydrogen-bond donors (Lipinski definition) is 1. The van der Waals surface area contributed by atoms with Gasteiger partial charge in [-0.05, 0) is 44.0 Å². The van der Waals surface area contributed by atoms with Crippen LogP contribution in [0.5, 0.6) is 0 Å². The first kappa shape index (κ1) is 22.7. The van der Waals surface area contributed by atoms with Crippen LogP contribution in [0.15, 0.2) is 39.2 Å². The van der Waals surface area contributed by atoms with Gasteiger partial charge < -0.3 is 9.15 Å². The van der Waals surface area contributed by atoms with Gasteiger partial charge in [0.05, 0.1) is 11.4 Å². The molecule has 0 spiro atoms. The number of thiazole rings is 1. The molecule has 0 unspecified atom stereocenters. The standard InChI is InChI=1S/C20H21N3O6S2/c1-11-7-12(2)18(13(3)8-11)23(14(4)24)20-22-15(10-30-20)9-28-19(25)16-5-6-17(29-16)31(21,26)27/h5-8,10H,9H2,1-4H3,(H2,21,26,27). The Morgan fingerprint density at radius 2 is 1.84 bits per heavy atom. The SMILES string of the molecule is CC(=O)N(c1nc(COC(=O)c2ccc(S(N)(=O)=O)o2)cs1)c1c(C)cc(C)cc1C. The van der Waals surface area contributed by atoms with Gasteiger partial charge in [0.1, 0.15) is 6.61 Å². The molecule has 11 heteroatoms. The molecule has 3 aromatic rings. The Labute approximate surface area is 183 Å². The number of primary sulfonamides is 1. The zero-order valence-corrected chi connectivity index (χ0v) is 19.0. The number of amides is 1. The Hall–Kier alpha value is -3.02.